The Morgan fingerprint density at radius 2 is 1.95 bits per heavy atom. The molecule has 0 atom stereocenters. The monoisotopic (exact) mass is 292 g/mol. The average molecular weight is 292 g/mol. The summed E-state index contributed by atoms with van der Waals surface area (Å²) in [6, 6.07) is 2.99. The molecule has 0 unspecified atom stereocenters. The van der Waals surface area contributed by atoms with Crippen LogP contribution in [0.1, 0.15) is 45.1 Å². The molecular weight excluding hydrogens is 264 g/mol. The van der Waals surface area contributed by atoms with E-state index in [0.29, 0.717) is 0 Å². The van der Waals surface area contributed by atoms with Gasteiger partial charge >= 0.3 is 0 Å². The second-order valence-electron chi connectivity index (χ2n) is 7.43. The SMILES string of the molecule is CC(C)(C)NCc1cc(CN2CCN(C3CC3)CC2)on1. The summed E-state index contributed by atoms with van der Waals surface area (Å²) in [7, 11) is 0. The number of aromatic nitrogens is 1. The maximum atomic E-state index is 5.47. The molecular formula is C16H28N4O. The lowest BCUT2D eigenvalue weighted by Gasteiger charge is -2.34. The van der Waals surface area contributed by atoms with E-state index in [-0.39, 0.29) is 5.54 Å². The molecule has 118 valence electrons. The molecule has 1 saturated heterocycles. The number of nitrogens with one attached hydrogen (secondary N) is 1. The van der Waals surface area contributed by atoms with Gasteiger partial charge in [0.1, 0.15) is 0 Å². The highest BCUT2D eigenvalue weighted by Crippen LogP contribution is 2.27. The first-order chi connectivity index (χ1) is 9.99. The Morgan fingerprint density at radius 1 is 1.24 bits per heavy atom. The third-order valence-corrected chi connectivity index (χ3v) is 4.26. The van der Waals surface area contributed by atoms with Crippen LogP contribution in [0.5, 0.6) is 0 Å². The van der Waals surface area contributed by atoms with E-state index in [0.717, 1.165) is 43.7 Å². The first kappa shape index (κ1) is 15.0. The van der Waals surface area contributed by atoms with Crippen LogP contribution in [-0.2, 0) is 13.1 Å². The lowest BCUT2D eigenvalue weighted by atomic mass is 10.1. The van der Waals surface area contributed by atoms with Gasteiger partial charge in [-0.15, -0.1) is 0 Å². The standard InChI is InChI=1S/C16H28N4O/c1-16(2,3)17-11-13-10-15(21-18-13)12-19-6-8-20(9-7-19)14-4-5-14/h10,14,17H,4-9,11-12H2,1-3H3. The van der Waals surface area contributed by atoms with E-state index >= 15 is 0 Å². The molecule has 0 bridgehead atoms. The van der Waals surface area contributed by atoms with Crippen LogP contribution in [0.3, 0.4) is 0 Å². The number of piperazine rings is 1. The van der Waals surface area contributed by atoms with Crippen LogP contribution in [0, 0.1) is 0 Å². The fourth-order valence-electron chi connectivity index (χ4n) is 2.82. The van der Waals surface area contributed by atoms with E-state index in [9.17, 15) is 0 Å². The number of rotatable bonds is 5. The zero-order chi connectivity index (χ0) is 14.9. The van der Waals surface area contributed by atoms with Crippen molar-refractivity contribution in [1.82, 2.24) is 20.3 Å². The molecule has 1 saturated carbocycles. The van der Waals surface area contributed by atoms with Gasteiger partial charge in [0, 0.05) is 50.4 Å². The Labute approximate surface area is 127 Å². The molecule has 0 spiro atoms. The molecule has 3 rings (SSSR count). The van der Waals surface area contributed by atoms with Crippen LogP contribution < -0.4 is 5.32 Å². The average Bonchev–Trinajstić information content (AvgIpc) is 3.18. The van der Waals surface area contributed by atoms with Gasteiger partial charge in [0.25, 0.3) is 0 Å². The molecule has 0 aromatic carbocycles. The molecule has 2 heterocycles. The highest BCUT2D eigenvalue weighted by atomic mass is 16.5. The molecule has 0 amide bonds. The molecule has 5 nitrogen and oxygen atoms in total. The van der Waals surface area contributed by atoms with Crippen molar-refractivity contribution in [3.63, 3.8) is 0 Å². The van der Waals surface area contributed by atoms with Gasteiger partial charge < -0.3 is 9.84 Å². The molecule has 0 radical (unpaired) electrons. The third kappa shape index (κ3) is 4.53. The topological polar surface area (TPSA) is 44.5 Å². The van der Waals surface area contributed by atoms with Crippen LogP contribution >= 0.6 is 0 Å². The molecule has 1 aliphatic heterocycles. The van der Waals surface area contributed by atoms with Crippen LogP contribution in [0.4, 0.5) is 0 Å². The fourth-order valence-corrected chi connectivity index (χ4v) is 2.82. The first-order valence-corrected chi connectivity index (χ1v) is 8.15. The van der Waals surface area contributed by atoms with Crippen LogP contribution in [-0.4, -0.2) is 52.7 Å². The van der Waals surface area contributed by atoms with Crippen molar-refractivity contribution in [2.24, 2.45) is 0 Å². The number of hydrogen-bond donors (Lipinski definition) is 1. The predicted octanol–water partition coefficient (Wildman–Crippen LogP) is 1.84. The molecule has 21 heavy (non-hydrogen) atoms. The second-order valence-corrected chi connectivity index (χ2v) is 7.43. The first-order valence-electron chi connectivity index (χ1n) is 8.15. The summed E-state index contributed by atoms with van der Waals surface area (Å²) in [6.07, 6.45) is 2.82. The van der Waals surface area contributed by atoms with Crippen molar-refractivity contribution in [1.29, 1.82) is 0 Å². The van der Waals surface area contributed by atoms with Gasteiger partial charge in [-0.05, 0) is 33.6 Å². The van der Waals surface area contributed by atoms with Crippen LogP contribution in [0.25, 0.3) is 0 Å². The van der Waals surface area contributed by atoms with E-state index in [1.165, 1.54) is 25.9 Å². The Balaban J connectivity index is 1.44. The summed E-state index contributed by atoms with van der Waals surface area (Å²) in [5.74, 6) is 0.987. The number of nitrogens with zero attached hydrogens (tertiary/aromatic N) is 3. The minimum absolute atomic E-state index is 0.109. The van der Waals surface area contributed by atoms with Crippen molar-refractivity contribution in [2.45, 2.75) is 58.3 Å². The maximum Gasteiger partial charge on any atom is 0.151 e. The summed E-state index contributed by atoms with van der Waals surface area (Å²) < 4.78 is 5.47. The highest BCUT2D eigenvalue weighted by molar-refractivity contribution is 5.06. The van der Waals surface area contributed by atoms with E-state index in [4.69, 9.17) is 4.52 Å². The predicted molar refractivity (Wildman–Crippen MR) is 83.0 cm³/mol. The summed E-state index contributed by atoms with van der Waals surface area (Å²) in [4.78, 5) is 5.11. The minimum atomic E-state index is 0.109. The van der Waals surface area contributed by atoms with Crippen molar-refractivity contribution >= 4 is 0 Å². The zero-order valence-electron chi connectivity index (χ0n) is 13.6. The molecule has 1 aliphatic carbocycles. The van der Waals surface area contributed by atoms with E-state index in [1.807, 2.05) is 0 Å². The zero-order valence-corrected chi connectivity index (χ0v) is 13.6. The van der Waals surface area contributed by atoms with Crippen molar-refractivity contribution < 1.29 is 4.52 Å². The van der Waals surface area contributed by atoms with E-state index < -0.39 is 0 Å². The summed E-state index contributed by atoms with van der Waals surface area (Å²) in [5, 5.41) is 7.60. The Bertz CT molecular complexity index is 453. The quantitative estimate of drug-likeness (QED) is 0.897. The van der Waals surface area contributed by atoms with Gasteiger partial charge in [0.15, 0.2) is 5.76 Å². The summed E-state index contributed by atoms with van der Waals surface area (Å²) in [5.41, 5.74) is 1.11. The molecule has 5 heteroatoms. The highest BCUT2D eigenvalue weighted by Gasteiger charge is 2.31. The van der Waals surface area contributed by atoms with Gasteiger partial charge in [-0.2, -0.15) is 0 Å². The maximum absolute atomic E-state index is 5.47. The molecule has 1 aromatic heterocycles. The minimum Gasteiger partial charge on any atom is -0.360 e. The van der Waals surface area contributed by atoms with E-state index in [2.05, 4.69) is 47.1 Å². The Hall–Kier alpha value is -0.910. The van der Waals surface area contributed by atoms with E-state index in [1.54, 1.807) is 0 Å². The largest absolute Gasteiger partial charge is 0.360 e. The fraction of sp³-hybridized carbons (Fsp3) is 0.812. The van der Waals surface area contributed by atoms with Gasteiger partial charge in [0.2, 0.25) is 0 Å². The van der Waals surface area contributed by atoms with Gasteiger partial charge in [-0.25, -0.2) is 0 Å². The van der Waals surface area contributed by atoms with Crippen molar-refractivity contribution in [3.8, 4) is 0 Å². The Kier molecular flexibility index (Phi) is 4.33. The molecule has 1 aromatic rings. The smallest absolute Gasteiger partial charge is 0.151 e. The number of hydrogen-bond acceptors (Lipinski definition) is 5. The normalized spacial score (nSPS) is 21.9. The third-order valence-electron chi connectivity index (χ3n) is 4.26. The lowest BCUT2D eigenvalue weighted by molar-refractivity contribution is 0.113. The van der Waals surface area contributed by atoms with Crippen molar-refractivity contribution in [2.75, 3.05) is 26.2 Å². The lowest BCUT2D eigenvalue weighted by Crippen LogP contribution is -2.46. The summed E-state index contributed by atoms with van der Waals surface area (Å²) in [6.45, 7) is 12.8. The van der Waals surface area contributed by atoms with Crippen LogP contribution in [0.2, 0.25) is 0 Å². The van der Waals surface area contributed by atoms with Gasteiger partial charge in [-0.3, -0.25) is 9.80 Å². The molecule has 2 aliphatic rings. The Morgan fingerprint density at radius 3 is 2.57 bits per heavy atom. The van der Waals surface area contributed by atoms with Crippen LogP contribution in [0.15, 0.2) is 10.6 Å². The van der Waals surface area contributed by atoms with Gasteiger partial charge in [-0.1, -0.05) is 5.16 Å². The van der Waals surface area contributed by atoms with Gasteiger partial charge in [0.05, 0.1) is 12.2 Å². The molecule has 1 N–H and O–H groups in total. The summed E-state index contributed by atoms with van der Waals surface area (Å²) >= 11 is 0. The second kappa shape index (κ2) is 6.07. The molecule has 2 fully saturated rings. The van der Waals surface area contributed by atoms with Crippen molar-refractivity contribution in [3.05, 3.63) is 17.5 Å².